The van der Waals surface area contributed by atoms with Crippen molar-refractivity contribution in [2.45, 2.75) is 25.9 Å². The number of imidazole rings is 1. The van der Waals surface area contributed by atoms with Crippen LogP contribution >= 0.6 is 0 Å². The van der Waals surface area contributed by atoms with Crippen molar-refractivity contribution in [2.75, 3.05) is 18.0 Å². The highest BCUT2D eigenvalue weighted by Gasteiger charge is 2.19. The first-order valence-electron chi connectivity index (χ1n) is 8.92. The summed E-state index contributed by atoms with van der Waals surface area (Å²) in [7, 11) is 0. The van der Waals surface area contributed by atoms with Gasteiger partial charge in [-0.25, -0.2) is 9.50 Å². The van der Waals surface area contributed by atoms with Gasteiger partial charge in [-0.05, 0) is 44.0 Å². The summed E-state index contributed by atoms with van der Waals surface area (Å²) in [6.07, 6.45) is 3.24. The lowest BCUT2D eigenvalue weighted by Crippen LogP contribution is -2.36. The maximum absolute atomic E-state index is 9.73. The Morgan fingerprint density at radius 1 is 1.15 bits per heavy atom. The van der Waals surface area contributed by atoms with E-state index >= 15 is 0 Å². The molecule has 0 radical (unpaired) electrons. The molecule has 4 aromatic rings. The number of hydrogen-bond acceptors (Lipinski definition) is 5. The fourth-order valence-electron chi connectivity index (χ4n) is 3.63. The zero-order valence-corrected chi connectivity index (χ0v) is 14.6. The summed E-state index contributed by atoms with van der Waals surface area (Å²) >= 11 is 0. The fourth-order valence-corrected chi connectivity index (χ4v) is 3.63. The summed E-state index contributed by atoms with van der Waals surface area (Å²) in [5.74, 6) is 0.921. The number of aromatic nitrogens is 5. The smallest absolute Gasteiger partial charge is 0.154 e. The third kappa shape index (κ3) is 2.43. The van der Waals surface area contributed by atoms with Gasteiger partial charge < -0.3 is 10.0 Å². The average Bonchev–Trinajstić information content (AvgIpc) is 3.25. The number of nitrogens with zero attached hydrogens (tertiary/aromatic N) is 5. The second-order valence-corrected chi connectivity index (χ2v) is 6.89. The summed E-state index contributed by atoms with van der Waals surface area (Å²) in [5.41, 5.74) is 4.86. The highest BCUT2D eigenvalue weighted by atomic mass is 16.3. The van der Waals surface area contributed by atoms with Crippen molar-refractivity contribution in [3.05, 3.63) is 42.2 Å². The number of piperidine rings is 1. The Hall–Kier alpha value is -2.93. The minimum Gasteiger partial charge on any atom is -0.393 e. The fraction of sp³-hybridized carbons (Fsp3) is 0.316. The average molecular weight is 348 g/mol. The lowest BCUT2D eigenvalue weighted by atomic mass is 10.1. The first kappa shape index (κ1) is 15.3. The number of aliphatic hydroxyl groups excluding tert-OH is 1. The minimum absolute atomic E-state index is 0.191. The highest BCUT2D eigenvalue weighted by molar-refractivity contribution is 5.86. The van der Waals surface area contributed by atoms with Crippen molar-refractivity contribution in [1.29, 1.82) is 0 Å². The molecule has 1 aliphatic heterocycles. The zero-order chi connectivity index (χ0) is 17.7. The molecule has 0 unspecified atom stereocenters. The topological polar surface area (TPSA) is 82.3 Å². The summed E-state index contributed by atoms with van der Waals surface area (Å²) in [6.45, 7) is 3.64. The van der Waals surface area contributed by atoms with E-state index in [0.717, 1.165) is 65.3 Å². The van der Waals surface area contributed by atoms with Gasteiger partial charge in [0.25, 0.3) is 0 Å². The van der Waals surface area contributed by atoms with Gasteiger partial charge in [-0.15, -0.1) is 5.10 Å². The van der Waals surface area contributed by atoms with Gasteiger partial charge in [0.1, 0.15) is 5.82 Å². The van der Waals surface area contributed by atoms with Gasteiger partial charge in [0.2, 0.25) is 0 Å². The number of anilines is 1. The molecular weight excluding hydrogens is 328 g/mol. The third-order valence-electron chi connectivity index (χ3n) is 5.19. The number of nitrogens with one attached hydrogen (secondary N) is 1. The Balaban J connectivity index is 1.58. The summed E-state index contributed by atoms with van der Waals surface area (Å²) in [5, 5.41) is 23.0. The van der Waals surface area contributed by atoms with Gasteiger partial charge in [0.05, 0.1) is 29.2 Å². The molecule has 1 aromatic carbocycles. The normalized spacial score (nSPS) is 16.0. The van der Waals surface area contributed by atoms with Crippen LogP contribution in [0.1, 0.15) is 18.5 Å². The van der Waals surface area contributed by atoms with Crippen LogP contribution in [0.15, 0.2) is 36.5 Å². The van der Waals surface area contributed by atoms with E-state index in [1.54, 1.807) is 0 Å². The maximum atomic E-state index is 9.73. The molecule has 7 heteroatoms. The van der Waals surface area contributed by atoms with Crippen molar-refractivity contribution in [2.24, 2.45) is 0 Å². The second-order valence-electron chi connectivity index (χ2n) is 6.89. The van der Waals surface area contributed by atoms with Crippen LogP contribution in [0.4, 0.5) is 5.82 Å². The van der Waals surface area contributed by atoms with E-state index in [1.807, 2.05) is 35.8 Å². The lowest BCUT2D eigenvalue weighted by molar-refractivity contribution is 0.145. The second kappa shape index (κ2) is 5.81. The van der Waals surface area contributed by atoms with Crippen LogP contribution in [0.3, 0.4) is 0 Å². The van der Waals surface area contributed by atoms with Gasteiger partial charge >= 0.3 is 0 Å². The van der Waals surface area contributed by atoms with Crippen molar-refractivity contribution in [3.8, 4) is 11.3 Å². The van der Waals surface area contributed by atoms with E-state index in [4.69, 9.17) is 5.10 Å². The number of hydrogen-bond donors (Lipinski definition) is 2. The molecule has 0 spiro atoms. The summed E-state index contributed by atoms with van der Waals surface area (Å²) in [6, 6.07) is 10.2. The maximum Gasteiger partial charge on any atom is 0.154 e. The van der Waals surface area contributed by atoms with Gasteiger partial charge in [0, 0.05) is 24.0 Å². The monoisotopic (exact) mass is 348 g/mol. The van der Waals surface area contributed by atoms with Crippen LogP contribution in [0.5, 0.6) is 0 Å². The van der Waals surface area contributed by atoms with E-state index in [1.165, 1.54) is 0 Å². The van der Waals surface area contributed by atoms with Gasteiger partial charge in [-0.3, -0.25) is 5.10 Å². The van der Waals surface area contributed by atoms with Crippen molar-refractivity contribution in [3.63, 3.8) is 0 Å². The van der Waals surface area contributed by atoms with Crippen molar-refractivity contribution >= 4 is 22.4 Å². The van der Waals surface area contributed by atoms with E-state index in [0.29, 0.717) is 0 Å². The Bertz CT molecular complexity index is 1090. The molecule has 26 heavy (non-hydrogen) atoms. The molecule has 0 atom stereocenters. The summed E-state index contributed by atoms with van der Waals surface area (Å²) in [4.78, 5) is 6.72. The quantitative estimate of drug-likeness (QED) is 0.582. The van der Waals surface area contributed by atoms with E-state index in [2.05, 4.69) is 32.2 Å². The largest absolute Gasteiger partial charge is 0.393 e. The number of H-pyrrole nitrogens is 1. The molecule has 0 saturated carbocycles. The first-order valence-corrected chi connectivity index (χ1v) is 8.92. The van der Waals surface area contributed by atoms with Gasteiger partial charge in [-0.2, -0.15) is 5.10 Å². The molecule has 2 N–H and O–H groups in total. The highest BCUT2D eigenvalue weighted by Crippen LogP contribution is 2.26. The number of benzene rings is 1. The molecule has 1 aliphatic rings. The molecule has 0 aliphatic carbocycles. The van der Waals surface area contributed by atoms with Crippen LogP contribution in [0, 0.1) is 6.92 Å². The van der Waals surface area contributed by atoms with E-state index in [9.17, 15) is 5.11 Å². The van der Waals surface area contributed by atoms with Gasteiger partial charge in [-0.1, -0.05) is 6.07 Å². The van der Waals surface area contributed by atoms with Crippen LogP contribution in [0.2, 0.25) is 0 Å². The number of rotatable bonds is 2. The predicted molar refractivity (Wildman–Crippen MR) is 100 cm³/mol. The molecular formula is C19H20N6O. The molecule has 4 heterocycles. The molecule has 1 saturated heterocycles. The lowest BCUT2D eigenvalue weighted by Gasteiger charge is -2.30. The summed E-state index contributed by atoms with van der Waals surface area (Å²) < 4.78 is 1.90. The van der Waals surface area contributed by atoms with Crippen LogP contribution in [-0.2, 0) is 0 Å². The molecule has 132 valence electrons. The van der Waals surface area contributed by atoms with E-state index in [-0.39, 0.29) is 6.10 Å². The molecule has 3 aromatic heterocycles. The Morgan fingerprint density at radius 3 is 2.85 bits per heavy atom. The molecule has 1 fully saturated rings. The third-order valence-corrected chi connectivity index (χ3v) is 5.19. The zero-order valence-electron chi connectivity index (χ0n) is 14.6. The molecule has 0 amide bonds. The number of aromatic amines is 1. The minimum atomic E-state index is -0.191. The number of aryl methyl sites for hydroxylation is 1. The Kier molecular flexibility index (Phi) is 3.43. The molecule has 0 bridgehead atoms. The van der Waals surface area contributed by atoms with Crippen LogP contribution in [-0.4, -0.2) is 49.1 Å². The number of fused-ring (bicyclic) bond motifs is 2. The predicted octanol–water partition coefficient (Wildman–Crippen LogP) is 2.54. The van der Waals surface area contributed by atoms with E-state index < -0.39 is 0 Å². The van der Waals surface area contributed by atoms with Gasteiger partial charge in [0.15, 0.2) is 5.65 Å². The Morgan fingerprint density at radius 2 is 2.00 bits per heavy atom. The SMILES string of the molecule is Cc1n[nH]c2ccc(-c3cnc4ccc(N5CCC(O)CC5)nn34)cc12. The van der Waals surface area contributed by atoms with Crippen molar-refractivity contribution < 1.29 is 5.11 Å². The Labute approximate surface area is 150 Å². The first-order chi connectivity index (χ1) is 12.7. The molecule has 7 nitrogen and oxygen atoms in total. The molecule has 5 rings (SSSR count). The van der Waals surface area contributed by atoms with Crippen LogP contribution in [0.25, 0.3) is 27.8 Å². The van der Waals surface area contributed by atoms with Crippen molar-refractivity contribution in [1.82, 2.24) is 24.8 Å². The number of aliphatic hydroxyl groups is 1. The standard InChI is InChI=1S/C19H20N6O/c1-12-15-10-13(2-3-16(15)22-21-12)17-11-20-18-4-5-19(23-25(17)18)24-8-6-14(26)7-9-24/h2-5,10-11,14,26H,6-9H2,1H3,(H,21,22). The van der Waals surface area contributed by atoms with Crippen LogP contribution < -0.4 is 4.90 Å².